The first-order chi connectivity index (χ1) is 12.2. The summed E-state index contributed by atoms with van der Waals surface area (Å²) in [4.78, 5) is 23.6. The van der Waals surface area contributed by atoms with Gasteiger partial charge in [0.25, 0.3) is 0 Å². The second-order valence-corrected chi connectivity index (χ2v) is 4.89. The predicted octanol–water partition coefficient (Wildman–Crippen LogP) is 3.02. The third-order valence-electron chi connectivity index (χ3n) is 2.99. The Hall–Kier alpha value is -3.06. The molecule has 0 spiro atoms. The molecular formula is C18H20N2O5. The van der Waals surface area contributed by atoms with E-state index in [4.69, 9.17) is 14.2 Å². The summed E-state index contributed by atoms with van der Waals surface area (Å²) in [6.45, 7) is 2.06. The zero-order valence-corrected chi connectivity index (χ0v) is 13.8. The van der Waals surface area contributed by atoms with Gasteiger partial charge in [-0.1, -0.05) is 48.5 Å². The molecule has 1 atom stereocenters. The van der Waals surface area contributed by atoms with E-state index in [-0.39, 0.29) is 13.2 Å². The highest BCUT2D eigenvalue weighted by Gasteiger charge is 2.17. The Bertz CT molecular complexity index is 664. The largest absolute Gasteiger partial charge is 0.450 e. The Kier molecular flexibility index (Phi) is 7.27. The summed E-state index contributed by atoms with van der Waals surface area (Å²) in [5.74, 6) is 0.373. The highest BCUT2D eigenvalue weighted by molar-refractivity contribution is 5.72. The van der Waals surface area contributed by atoms with Crippen LogP contribution in [-0.2, 0) is 16.1 Å². The van der Waals surface area contributed by atoms with E-state index >= 15 is 0 Å². The lowest BCUT2D eigenvalue weighted by molar-refractivity contribution is -0.00129. The number of hydrogen-bond donors (Lipinski definition) is 2. The van der Waals surface area contributed by atoms with Crippen LogP contribution in [0.25, 0.3) is 0 Å². The van der Waals surface area contributed by atoms with E-state index in [0.717, 1.165) is 5.56 Å². The highest BCUT2D eigenvalue weighted by atomic mass is 16.6. The van der Waals surface area contributed by atoms with Crippen LogP contribution in [0.5, 0.6) is 5.75 Å². The number of alkyl carbamates (subject to hydrolysis) is 1. The van der Waals surface area contributed by atoms with Crippen LogP contribution in [0, 0.1) is 0 Å². The minimum absolute atomic E-state index is 0.184. The van der Waals surface area contributed by atoms with Crippen LogP contribution < -0.4 is 15.4 Å². The molecule has 2 N–H and O–H groups in total. The molecule has 0 aromatic heterocycles. The van der Waals surface area contributed by atoms with Crippen molar-refractivity contribution in [1.29, 1.82) is 0 Å². The number of nitrogens with one attached hydrogen (secondary N) is 2. The minimum atomic E-state index is -1.10. The molecule has 2 rings (SSSR count). The van der Waals surface area contributed by atoms with Gasteiger partial charge in [0.1, 0.15) is 5.75 Å². The molecule has 0 radical (unpaired) electrons. The number of carbonyl (C=O) groups is 2. The van der Waals surface area contributed by atoms with E-state index in [1.54, 1.807) is 37.3 Å². The summed E-state index contributed by atoms with van der Waals surface area (Å²) in [5.41, 5.74) is 0.886. The van der Waals surface area contributed by atoms with Crippen LogP contribution in [0.15, 0.2) is 60.7 Å². The maximum atomic E-state index is 12.0. The van der Waals surface area contributed by atoms with Gasteiger partial charge in [-0.15, -0.1) is 0 Å². The number of carbonyl (C=O) groups excluding carboxylic acids is 2. The molecule has 0 fully saturated rings. The molecule has 0 heterocycles. The van der Waals surface area contributed by atoms with Crippen molar-refractivity contribution in [3.8, 4) is 5.75 Å². The zero-order valence-electron chi connectivity index (χ0n) is 13.8. The van der Waals surface area contributed by atoms with Gasteiger partial charge >= 0.3 is 12.2 Å². The van der Waals surface area contributed by atoms with Gasteiger partial charge in [0.2, 0.25) is 6.35 Å². The van der Waals surface area contributed by atoms with Crippen LogP contribution in [-0.4, -0.2) is 25.1 Å². The molecule has 7 nitrogen and oxygen atoms in total. The Morgan fingerprint density at radius 2 is 1.52 bits per heavy atom. The van der Waals surface area contributed by atoms with E-state index in [9.17, 15) is 9.59 Å². The van der Waals surface area contributed by atoms with E-state index < -0.39 is 18.5 Å². The molecule has 0 bridgehead atoms. The molecule has 1 unspecified atom stereocenters. The van der Waals surface area contributed by atoms with Crippen molar-refractivity contribution < 1.29 is 23.8 Å². The molecule has 2 amide bonds. The fourth-order valence-electron chi connectivity index (χ4n) is 1.89. The second-order valence-electron chi connectivity index (χ2n) is 4.89. The molecule has 2 aromatic rings. The smallest absolute Gasteiger partial charge is 0.416 e. The number of hydrogen-bond acceptors (Lipinski definition) is 5. The maximum Gasteiger partial charge on any atom is 0.416 e. The van der Waals surface area contributed by atoms with Crippen molar-refractivity contribution >= 4 is 12.2 Å². The van der Waals surface area contributed by atoms with Gasteiger partial charge in [-0.05, 0) is 24.6 Å². The maximum absolute atomic E-state index is 12.0. The Morgan fingerprint density at radius 3 is 2.16 bits per heavy atom. The molecule has 0 aliphatic rings. The van der Waals surface area contributed by atoms with Crippen molar-refractivity contribution in [3.05, 3.63) is 66.2 Å². The molecule has 132 valence electrons. The molecule has 25 heavy (non-hydrogen) atoms. The first-order valence-electron chi connectivity index (χ1n) is 7.79. The summed E-state index contributed by atoms with van der Waals surface area (Å²) in [5, 5.41) is 4.84. The lowest BCUT2D eigenvalue weighted by Gasteiger charge is -2.20. The van der Waals surface area contributed by atoms with Crippen LogP contribution >= 0.6 is 0 Å². The normalized spacial score (nSPS) is 11.2. The number of para-hydroxylation sites is 1. The molecular weight excluding hydrogens is 324 g/mol. The Labute approximate surface area is 145 Å². The van der Waals surface area contributed by atoms with Gasteiger partial charge in [0, 0.05) is 0 Å². The lowest BCUT2D eigenvalue weighted by Crippen LogP contribution is -2.50. The van der Waals surface area contributed by atoms with Crippen molar-refractivity contribution in [1.82, 2.24) is 10.6 Å². The van der Waals surface area contributed by atoms with Crippen molar-refractivity contribution in [2.75, 3.05) is 6.61 Å². The third kappa shape index (κ3) is 6.92. The van der Waals surface area contributed by atoms with E-state index in [1.807, 2.05) is 30.3 Å². The van der Waals surface area contributed by atoms with Crippen LogP contribution in [0.4, 0.5) is 9.59 Å². The van der Waals surface area contributed by atoms with E-state index in [1.165, 1.54) is 0 Å². The van der Waals surface area contributed by atoms with Gasteiger partial charge in [-0.2, -0.15) is 0 Å². The van der Waals surface area contributed by atoms with E-state index in [0.29, 0.717) is 5.75 Å². The van der Waals surface area contributed by atoms with Gasteiger partial charge in [0.15, 0.2) is 0 Å². The summed E-state index contributed by atoms with van der Waals surface area (Å²) in [6.07, 6.45) is -2.57. The highest BCUT2D eigenvalue weighted by Crippen LogP contribution is 2.08. The first-order valence-corrected chi connectivity index (χ1v) is 7.79. The van der Waals surface area contributed by atoms with Gasteiger partial charge in [-0.25, -0.2) is 9.59 Å². The Morgan fingerprint density at radius 1 is 0.920 bits per heavy atom. The molecule has 0 saturated carbocycles. The fraction of sp³-hybridized carbons (Fsp3) is 0.222. The summed E-state index contributed by atoms with van der Waals surface area (Å²) >= 11 is 0. The van der Waals surface area contributed by atoms with Crippen molar-refractivity contribution in [2.24, 2.45) is 0 Å². The quantitative estimate of drug-likeness (QED) is 0.754. The summed E-state index contributed by atoms with van der Waals surface area (Å²) in [7, 11) is 0. The van der Waals surface area contributed by atoms with Gasteiger partial charge in [-0.3, -0.25) is 10.6 Å². The monoisotopic (exact) mass is 344 g/mol. The van der Waals surface area contributed by atoms with Crippen LogP contribution in [0.2, 0.25) is 0 Å². The number of rotatable bonds is 7. The second kappa shape index (κ2) is 9.94. The average molecular weight is 344 g/mol. The third-order valence-corrected chi connectivity index (χ3v) is 2.99. The van der Waals surface area contributed by atoms with E-state index in [2.05, 4.69) is 10.6 Å². The zero-order chi connectivity index (χ0) is 17.9. The predicted molar refractivity (Wildman–Crippen MR) is 90.8 cm³/mol. The van der Waals surface area contributed by atoms with Gasteiger partial charge < -0.3 is 14.2 Å². The van der Waals surface area contributed by atoms with Crippen LogP contribution in [0.1, 0.15) is 12.5 Å². The minimum Gasteiger partial charge on any atom is -0.450 e. The van der Waals surface area contributed by atoms with Crippen LogP contribution in [0.3, 0.4) is 0 Å². The fourth-order valence-corrected chi connectivity index (χ4v) is 1.89. The molecule has 2 aromatic carbocycles. The Balaban J connectivity index is 1.92. The molecule has 0 aliphatic carbocycles. The standard InChI is InChI=1S/C18H20N2O5/c1-2-23-17(21)19-16(24-13-14-9-5-3-6-10-14)20-18(22)25-15-11-7-4-8-12-15/h3-12,16H,2,13H2,1H3,(H,19,21)(H,20,22). The lowest BCUT2D eigenvalue weighted by atomic mass is 10.2. The number of amides is 2. The van der Waals surface area contributed by atoms with Crippen molar-refractivity contribution in [2.45, 2.75) is 19.9 Å². The number of benzene rings is 2. The molecule has 0 aliphatic heterocycles. The first kappa shape index (κ1) is 18.3. The molecule has 7 heteroatoms. The van der Waals surface area contributed by atoms with Gasteiger partial charge in [0.05, 0.1) is 13.2 Å². The topological polar surface area (TPSA) is 85.9 Å². The number of ether oxygens (including phenoxy) is 3. The summed E-state index contributed by atoms with van der Waals surface area (Å²) < 4.78 is 15.4. The summed E-state index contributed by atoms with van der Waals surface area (Å²) in [6, 6.07) is 17.9. The SMILES string of the molecule is CCOC(=O)NC(NC(=O)Oc1ccccc1)OCc1ccccc1. The van der Waals surface area contributed by atoms with Crippen molar-refractivity contribution in [3.63, 3.8) is 0 Å². The molecule has 0 saturated heterocycles. The average Bonchev–Trinajstić information content (AvgIpc) is 2.61.